The highest BCUT2D eigenvalue weighted by Crippen LogP contribution is 2.26. The van der Waals surface area contributed by atoms with Gasteiger partial charge >= 0.3 is 0 Å². The van der Waals surface area contributed by atoms with Crippen LogP contribution in [0.3, 0.4) is 0 Å². The zero-order chi connectivity index (χ0) is 9.40. The Bertz CT molecular complexity index is 128. The Labute approximate surface area is 82.7 Å². The van der Waals surface area contributed by atoms with Crippen molar-refractivity contribution in [3.05, 3.63) is 0 Å². The van der Waals surface area contributed by atoms with E-state index < -0.39 is 0 Å². The van der Waals surface area contributed by atoms with Gasteiger partial charge in [-0.3, -0.25) is 4.79 Å². The third-order valence-corrected chi connectivity index (χ3v) is 4.00. The van der Waals surface area contributed by atoms with Crippen molar-refractivity contribution >= 4 is 27.5 Å². The SMILES string of the molecule is CCNC(=O)CCSSC(C)C. The fraction of sp³-hybridized carbons (Fsp3) is 0.875. The van der Waals surface area contributed by atoms with Gasteiger partial charge in [0.2, 0.25) is 5.91 Å². The van der Waals surface area contributed by atoms with Gasteiger partial charge in [-0.15, -0.1) is 0 Å². The molecule has 72 valence electrons. The molecule has 0 atom stereocenters. The highest BCUT2D eigenvalue weighted by atomic mass is 33.1. The van der Waals surface area contributed by atoms with Crippen molar-refractivity contribution < 1.29 is 4.79 Å². The standard InChI is InChI=1S/C8H17NOS2/c1-4-9-8(10)5-6-11-12-7(2)3/h7H,4-6H2,1-3H3,(H,9,10). The van der Waals surface area contributed by atoms with E-state index >= 15 is 0 Å². The topological polar surface area (TPSA) is 29.1 Å². The van der Waals surface area contributed by atoms with Gasteiger partial charge in [0.25, 0.3) is 0 Å². The summed E-state index contributed by atoms with van der Waals surface area (Å²) in [5.74, 6) is 1.07. The summed E-state index contributed by atoms with van der Waals surface area (Å²) in [6.45, 7) is 6.99. The molecule has 0 aromatic carbocycles. The van der Waals surface area contributed by atoms with Crippen LogP contribution in [0.4, 0.5) is 0 Å². The van der Waals surface area contributed by atoms with Gasteiger partial charge in [-0.05, 0) is 6.92 Å². The van der Waals surface area contributed by atoms with Crippen molar-refractivity contribution in [3.8, 4) is 0 Å². The summed E-state index contributed by atoms with van der Waals surface area (Å²) >= 11 is 0. The summed E-state index contributed by atoms with van der Waals surface area (Å²) < 4.78 is 0. The van der Waals surface area contributed by atoms with E-state index in [9.17, 15) is 4.79 Å². The summed E-state index contributed by atoms with van der Waals surface area (Å²) in [5.41, 5.74) is 0. The first-order chi connectivity index (χ1) is 5.66. The fourth-order valence-electron chi connectivity index (χ4n) is 0.604. The smallest absolute Gasteiger partial charge is 0.220 e. The molecule has 0 aliphatic carbocycles. The van der Waals surface area contributed by atoms with Crippen molar-refractivity contribution in [3.63, 3.8) is 0 Å². The summed E-state index contributed by atoms with van der Waals surface area (Å²) in [7, 11) is 3.60. The monoisotopic (exact) mass is 207 g/mol. The average Bonchev–Trinajstić information content (AvgIpc) is 1.98. The molecule has 0 aliphatic heterocycles. The van der Waals surface area contributed by atoms with Crippen LogP contribution >= 0.6 is 21.6 Å². The Morgan fingerprint density at radius 3 is 2.67 bits per heavy atom. The van der Waals surface area contributed by atoms with E-state index in [0.29, 0.717) is 11.7 Å². The minimum absolute atomic E-state index is 0.161. The summed E-state index contributed by atoms with van der Waals surface area (Å²) in [4.78, 5) is 11.0. The Morgan fingerprint density at radius 2 is 2.17 bits per heavy atom. The van der Waals surface area contributed by atoms with Gasteiger partial charge in [-0.2, -0.15) is 0 Å². The molecule has 0 radical (unpaired) electrons. The van der Waals surface area contributed by atoms with Crippen LogP contribution in [-0.2, 0) is 4.79 Å². The van der Waals surface area contributed by atoms with Crippen LogP contribution in [-0.4, -0.2) is 23.5 Å². The maximum Gasteiger partial charge on any atom is 0.220 e. The molecule has 12 heavy (non-hydrogen) atoms. The molecule has 0 spiro atoms. The minimum atomic E-state index is 0.161. The zero-order valence-electron chi connectivity index (χ0n) is 7.92. The normalized spacial score (nSPS) is 10.3. The lowest BCUT2D eigenvalue weighted by Crippen LogP contribution is -2.22. The Kier molecular flexibility index (Phi) is 7.91. The second kappa shape index (κ2) is 7.80. The molecule has 2 nitrogen and oxygen atoms in total. The Morgan fingerprint density at radius 1 is 1.50 bits per heavy atom. The van der Waals surface area contributed by atoms with E-state index in [2.05, 4.69) is 19.2 Å². The van der Waals surface area contributed by atoms with Crippen LogP contribution in [0.25, 0.3) is 0 Å². The number of rotatable bonds is 6. The number of amides is 1. The molecule has 4 heteroatoms. The van der Waals surface area contributed by atoms with E-state index in [-0.39, 0.29) is 5.91 Å². The highest BCUT2D eigenvalue weighted by Gasteiger charge is 2.00. The third kappa shape index (κ3) is 8.27. The maximum absolute atomic E-state index is 11.0. The number of carbonyl (C=O) groups excluding carboxylic acids is 1. The number of carbonyl (C=O) groups is 1. The van der Waals surface area contributed by atoms with Gasteiger partial charge in [-0.25, -0.2) is 0 Å². The molecule has 0 saturated carbocycles. The summed E-state index contributed by atoms with van der Waals surface area (Å²) in [6.07, 6.45) is 0.637. The van der Waals surface area contributed by atoms with E-state index in [1.54, 1.807) is 10.8 Å². The molecule has 0 aromatic heterocycles. The Hall–Kier alpha value is 0.170. The largest absolute Gasteiger partial charge is 0.356 e. The zero-order valence-corrected chi connectivity index (χ0v) is 9.56. The van der Waals surface area contributed by atoms with Crippen LogP contribution in [0, 0.1) is 0 Å². The average molecular weight is 207 g/mol. The molecular formula is C8H17NOS2. The van der Waals surface area contributed by atoms with Gasteiger partial charge in [-0.1, -0.05) is 35.4 Å². The molecule has 1 amide bonds. The molecule has 0 heterocycles. The highest BCUT2D eigenvalue weighted by molar-refractivity contribution is 8.76. The van der Waals surface area contributed by atoms with Gasteiger partial charge in [0.15, 0.2) is 0 Å². The van der Waals surface area contributed by atoms with E-state index in [1.165, 1.54) is 0 Å². The molecule has 0 rings (SSSR count). The van der Waals surface area contributed by atoms with Crippen molar-refractivity contribution in [2.45, 2.75) is 32.4 Å². The molecule has 0 aliphatic rings. The van der Waals surface area contributed by atoms with Crippen molar-refractivity contribution in [2.75, 3.05) is 12.3 Å². The first-order valence-electron chi connectivity index (χ1n) is 4.21. The molecular weight excluding hydrogens is 190 g/mol. The summed E-state index contributed by atoms with van der Waals surface area (Å²) in [6, 6.07) is 0. The number of hydrogen-bond acceptors (Lipinski definition) is 3. The fourth-order valence-corrected chi connectivity index (χ4v) is 2.60. The predicted molar refractivity (Wildman–Crippen MR) is 58.5 cm³/mol. The molecule has 0 saturated heterocycles. The Balaban J connectivity index is 3.14. The summed E-state index contributed by atoms with van der Waals surface area (Å²) in [5, 5.41) is 3.41. The minimum Gasteiger partial charge on any atom is -0.356 e. The van der Waals surface area contributed by atoms with Crippen molar-refractivity contribution in [2.24, 2.45) is 0 Å². The lowest BCUT2D eigenvalue weighted by Gasteiger charge is -2.03. The molecule has 1 N–H and O–H groups in total. The first-order valence-corrected chi connectivity index (χ1v) is 6.60. The van der Waals surface area contributed by atoms with Gasteiger partial charge in [0, 0.05) is 24.0 Å². The van der Waals surface area contributed by atoms with Crippen LogP contribution < -0.4 is 5.32 Å². The second-order valence-corrected chi connectivity index (χ2v) is 5.73. The molecule has 0 bridgehead atoms. The maximum atomic E-state index is 11.0. The predicted octanol–water partition coefficient (Wildman–Crippen LogP) is 2.30. The van der Waals surface area contributed by atoms with Gasteiger partial charge < -0.3 is 5.32 Å². The van der Waals surface area contributed by atoms with E-state index in [4.69, 9.17) is 0 Å². The number of hydrogen-bond donors (Lipinski definition) is 1. The van der Waals surface area contributed by atoms with Crippen LogP contribution in [0.1, 0.15) is 27.2 Å². The molecule has 0 aromatic rings. The molecule has 0 unspecified atom stereocenters. The lowest BCUT2D eigenvalue weighted by molar-refractivity contribution is -0.120. The first kappa shape index (κ1) is 12.2. The van der Waals surface area contributed by atoms with E-state index in [0.717, 1.165) is 12.3 Å². The van der Waals surface area contributed by atoms with Gasteiger partial charge in [0.05, 0.1) is 0 Å². The van der Waals surface area contributed by atoms with Crippen molar-refractivity contribution in [1.29, 1.82) is 0 Å². The van der Waals surface area contributed by atoms with Crippen LogP contribution in [0.5, 0.6) is 0 Å². The van der Waals surface area contributed by atoms with Crippen molar-refractivity contribution in [1.82, 2.24) is 5.32 Å². The van der Waals surface area contributed by atoms with Gasteiger partial charge in [0.1, 0.15) is 0 Å². The quantitative estimate of drug-likeness (QED) is 0.535. The van der Waals surface area contributed by atoms with E-state index in [1.807, 2.05) is 17.7 Å². The van der Waals surface area contributed by atoms with Crippen LogP contribution in [0.15, 0.2) is 0 Å². The molecule has 0 fully saturated rings. The number of nitrogens with one attached hydrogen (secondary N) is 1. The lowest BCUT2D eigenvalue weighted by atomic mass is 10.4. The van der Waals surface area contributed by atoms with Crippen LogP contribution in [0.2, 0.25) is 0 Å². The third-order valence-electron chi connectivity index (χ3n) is 1.05. The second-order valence-electron chi connectivity index (χ2n) is 2.67.